The summed E-state index contributed by atoms with van der Waals surface area (Å²) in [4.78, 5) is 10.7. The van der Waals surface area contributed by atoms with Gasteiger partial charge in [0.1, 0.15) is 5.75 Å². The van der Waals surface area contributed by atoms with Crippen LogP contribution in [-0.2, 0) is 12.0 Å². The van der Waals surface area contributed by atoms with Gasteiger partial charge in [-0.2, -0.15) is 15.2 Å². The van der Waals surface area contributed by atoms with Gasteiger partial charge in [-0.3, -0.25) is 0 Å². The summed E-state index contributed by atoms with van der Waals surface area (Å²) in [6.07, 6.45) is 5.05. The highest BCUT2D eigenvalue weighted by Crippen LogP contribution is 2.26. The smallest absolute Gasteiger partial charge is 0.207 e. The molecule has 2 aromatic rings. The maximum absolute atomic E-state index is 9.21. The lowest BCUT2D eigenvalue weighted by molar-refractivity contribution is 0.414. The summed E-state index contributed by atoms with van der Waals surface area (Å²) in [5.41, 5.74) is 0.607. The van der Waals surface area contributed by atoms with Crippen LogP contribution in [0.4, 0.5) is 0 Å². The van der Waals surface area contributed by atoms with Crippen molar-refractivity contribution in [1.82, 2.24) is 4.57 Å². The van der Waals surface area contributed by atoms with Crippen molar-refractivity contribution in [3.63, 3.8) is 0 Å². The quantitative estimate of drug-likeness (QED) is 0.371. The summed E-state index contributed by atoms with van der Waals surface area (Å²) in [5.74, 6) is 1.45. The van der Waals surface area contributed by atoms with E-state index in [9.17, 15) is 5.26 Å². The second kappa shape index (κ2) is 9.40. The number of hydrogen-bond acceptors (Lipinski definition) is 4. The largest absolute Gasteiger partial charge is 0.496 e. The fourth-order valence-corrected chi connectivity index (χ4v) is 3.76. The molecule has 0 radical (unpaired) electrons. The number of hydrogen-bond donors (Lipinski definition) is 0. The van der Waals surface area contributed by atoms with Gasteiger partial charge in [0.25, 0.3) is 0 Å². The van der Waals surface area contributed by atoms with Crippen molar-refractivity contribution in [2.24, 2.45) is 15.9 Å². The van der Waals surface area contributed by atoms with Crippen LogP contribution in [0.5, 0.6) is 5.75 Å². The summed E-state index contributed by atoms with van der Waals surface area (Å²) in [5, 5.41) is 9.75. The Labute approximate surface area is 176 Å². The van der Waals surface area contributed by atoms with E-state index in [0.29, 0.717) is 28.1 Å². The summed E-state index contributed by atoms with van der Waals surface area (Å²) in [6, 6.07) is 5.21. The Morgan fingerprint density at radius 3 is 2.64 bits per heavy atom. The molecule has 28 heavy (non-hydrogen) atoms. The van der Waals surface area contributed by atoms with Crippen LogP contribution in [0.3, 0.4) is 0 Å². The average molecular weight is 419 g/mol. The van der Waals surface area contributed by atoms with Crippen molar-refractivity contribution in [3.05, 3.63) is 44.7 Å². The topological polar surface area (TPSA) is 62.7 Å². The first-order valence-corrected chi connectivity index (χ1v) is 10.4. The Bertz CT molecular complexity index is 958. The molecule has 0 fully saturated rings. The van der Waals surface area contributed by atoms with Crippen LogP contribution in [0.2, 0.25) is 5.02 Å². The predicted molar refractivity (Wildman–Crippen MR) is 116 cm³/mol. The number of rotatable bonds is 5. The highest BCUT2D eigenvalue weighted by molar-refractivity contribution is 7.09. The Morgan fingerprint density at radius 2 is 2.07 bits per heavy atom. The third-order valence-corrected chi connectivity index (χ3v) is 5.85. The lowest BCUT2D eigenvalue weighted by Gasteiger charge is -2.14. The normalized spacial score (nSPS) is 13.1. The van der Waals surface area contributed by atoms with Gasteiger partial charge in [0.15, 0.2) is 10.6 Å². The van der Waals surface area contributed by atoms with Crippen LogP contribution >= 0.6 is 22.9 Å². The van der Waals surface area contributed by atoms with E-state index in [1.165, 1.54) is 4.88 Å². The van der Waals surface area contributed by atoms with Gasteiger partial charge < -0.3 is 9.30 Å². The van der Waals surface area contributed by atoms with Gasteiger partial charge in [-0.25, -0.2) is 0 Å². The Hall–Kier alpha value is -2.10. The molecular weight excluding hydrogens is 392 g/mol. The minimum atomic E-state index is 0.0122. The zero-order chi connectivity index (χ0) is 20.9. The number of halogens is 1. The molecular formula is C21H27ClN4OS. The highest BCUT2D eigenvalue weighted by Gasteiger charge is 2.19. The minimum Gasteiger partial charge on any atom is -0.496 e. The van der Waals surface area contributed by atoms with E-state index < -0.39 is 0 Å². The van der Waals surface area contributed by atoms with Crippen LogP contribution in [0, 0.1) is 17.4 Å². The second-order valence-corrected chi connectivity index (χ2v) is 9.44. The molecule has 0 spiro atoms. The lowest BCUT2D eigenvalue weighted by atomic mass is 9.95. The van der Waals surface area contributed by atoms with Gasteiger partial charge in [-0.1, -0.05) is 46.2 Å². The van der Waals surface area contributed by atoms with Gasteiger partial charge >= 0.3 is 0 Å². The Morgan fingerprint density at radius 1 is 1.36 bits per heavy atom. The van der Waals surface area contributed by atoms with Gasteiger partial charge in [0.05, 0.1) is 12.7 Å². The van der Waals surface area contributed by atoms with Crippen molar-refractivity contribution < 1.29 is 4.74 Å². The minimum absolute atomic E-state index is 0.0122. The predicted octanol–water partition coefficient (Wildman–Crippen LogP) is 5.38. The van der Waals surface area contributed by atoms with Crippen LogP contribution in [0.25, 0.3) is 0 Å². The first kappa shape index (κ1) is 22.2. The van der Waals surface area contributed by atoms with E-state index in [-0.39, 0.29) is 5.41 Å². The number of amidine groups is 1. The number of methoxy groups -OCH3 is 1. The van der Waals surface area contributed by atoms with Crippen LogP contribution in [0.1, 0.15) is 51.5 Å². The van der Waals surface area contributed by atoms with Crippen LogP contribution in [-0.4, -0.2) is 17.5 Å². The number of aromatic nitrogens is 1. The number of benzene rings is 1. The summed E-state index contributed by atoms with van der Waals surface area (Å²) < 4.78 is 7.57. The van der Waals surface area contributed by atoms with E-state index in [0.717, 1.165) is 17.8 Å². The standard InChI is InChI=1S/C21H27ClN4OS/c1-14(2)9-10-26-12-18(21(3,4)5)28-20(26)25-19(24-13-23)16-11-15(22)7-8-17(16)27-6/h7-8,11-12,14H,9-10H2,1-6H3/b24-19?,25-20-. The molecule has 0 aliphatic heterocycles. The van der Waals surface area contributed by atoms with Crippen molar-refractivity contribution in [2.45, 2.75) is 53.0 Å². The first-order valence-electron chi connectivity index (χ1n) is 9.22. The third kappa shape index (κ3) is 5.70. The zero-order valence-electron chi connectivity index (χ0n) is 17.3. The molecule has 0 amide bonds. The molecule has 0 N–H and O–H groups in total. The molecule has 0 atom stereocenters. The molecule has 1 aromatic carbocycles. The second-order valence-electron chi connectivity index (χ2n) is 8.00. The molecule has 0 saturated carbocycles. The first-order chi connectivity index (χ1) is 13.2. The van der Waals surface area contributed by atoms with E-state index in [2.05, 4.69) is 50.4 Å². The van der Waals surface area contributed by atoms with E-state index in [1.807, 2.05) is 6.19 Å². The van der Waals surface area contributed by atoms with E-state index in [4.69, 9.17) is 21.3 Å². The third-order valence-electron chi connectivity index (χ3n) is 4.17. The number of ether oxygens (including phenoxy) is 1. The Kier molecular flexibility index (Phi) is 7.45. The molecule has 0 aliphatic rings. The van der Waals surface area contributed by atoms with E-state index >= 15 is 0 Å². The highest BCUT2D eigenvalue weighted by atomic mass is 35.5. The molecule has 7 heteroatoms. The number of aliphatic imine (C=N–C) groups is 1. The van der Waals surface area contributed by atoms with Crippen molar-refractivity contribution >= 4 is 28.8 Å². The molecule has 5 nitrogen and oxygen atoms in total. The monoisotopic (exact) mass is 418 g/mol. The van der Waals surface area contributed by atoms with Crippen molar-refractivity contribution in [3.8, 4) is 11.9 Å². The number of nitriles is 1. The number of aryl methyl sites for hydroxylation is 1. The molecule has 0 bridgehead atoms. The molecule has 0 unspecified atom stereocenters. The molecule has 0 saturated heterocycles. The van der Waals surface area contributed by atoms with Crippen LogP contribution < -0.4 is 9.54 Å². The van der Waals surface area contributed by atoms with Gasteiger partial charge in [-0.15, -0.1) is 11.3 Å². The maximum atomic E-state index is 9.21. The van der Waals surface area contributed by atoms with Crippen molar-refractivity contribution in [2.75, 3.05) is 7.11 Å². The maximum Gasteiger partial charge on any atom is 0.207 e. The zero-order valence-corrected chi connectivity index (χ0v) is 18.9. The SMILES string of the molecule is COc1ccc(Cl)cc1C(=NC#N)/N=c1\sc(C(C)(C)C)cn1CCC(C)C. The molecule has 0 aliphatic carbocycles. The molecule has 2 rings (SSSR count). The number of nitrogens with zero attached hydrogens (tertiary/aromatic N) is 4. The molecule has 1 aromatic heterocycles. The fourth-order valence-electron chi connectivity index (χ4n) is 2.51. The Balaban J connectivity index is 2.65. The van der Waals surface area contributed by atoms with E-state index in [1.54, 1.807) is 36.6 Å². The van der Waals surface area contributed by atoms with Gasteiger partial charge in [0.2, 0.25) is 6.19 Å². The molecule has 1 heterocycles. The summed E-state index contributed by atoms with van der Waals surface area (Å²) >= 11 is 7.78. The summed E-state index contributed by atoms with van der Waals surface area (Å²) in [6.45, 7) is 11.8. The number of thiazole rings is 1. The lowest BCUT2D eigenvalue weighted by Crippen LogP contribution is -2.18. The fraction of sp³-hybridized carbons (Fsp3) is 0.476. The molecule has 150 valence electrons. The average Bonchev–Trinajstić information content (AvgIpc) is 3.03. The van der Waals surface area contributed by atoms with Gasteiger partial charge in [-0.05, 0) is 36.0 Å². The van der Waals surface area contributed by atoms with Crippen LogP contribution in [0.15, 0.2) is 34.4 Å². The summed E-state index contributed by atoms with van der Waals surface area (Å²) in [7, 11) is 1.57. The van der Waals surface area contributed by atoms with Gasteiger partial charge in [0, 0.05) is 22.6 Å². The van der Waals surface area contributed by atoms with Crippen molar-refractivity contribution in [1.29, 1.82) is 5.26 Å².